The summed E-state index contributed by atoms with van der Waals surface area (Å²) in [5.41, 5.74) is 0. The molecule has 0 bridgehead atoms. The molecule has 2 rings (SSSR count). The van der Waals surface area contributed by atoms with Crippen LogP contribution in [0.3, 0.4) is 0 Å². The van der Waals surface area contributed by atoms with Crippen LogP contribution >= 0.6 is 0 Å². The van der Waals surface area contributed by atoms with E-state index >= 15 is 0 Å². The van der Waals surface area contributed by atoms with Gasteiger partial charge in [0.2, 0.25) is 0 Å². The van der Waals surface area contributed by atoms with Gasteiger partial charge in [0.15, 0.2) is 0 Å². The van der Waals surface area contributed by atoms with Crippen molar-refractivity contribution in [2.45, 2.75) is 51.0 Å². The first-order valence-electron chi connectivity index (χ1n) is 6.64. The lowest BCUT2D eigenvalue weighted by Gasteiger charge is -2.41. The van der Waals surface area contributed by atoms with Crippen LogP contribution in [0.25, 0.3) is 0 Å². The van der Waals surface area contributed by atoms with Gasteiger partial charge in [0.25, 0.3) is 0 Å². The SMILES string of the molecule is COCCC(C1CCCCC1)C1CCN1. The summed E-state index contributed by atoms with van der Waals surface area (Å²) in [4.78, 5) is 0. The van der Waals surface area contributed by atoms with Gasteiger partial charge in [-0.3, -0.25) is 0 Å². The normalized spacial score (nSPS) is 29.8. The molecule has 0 radical (unpaired) electrons. The summed E-state index contributed by atoms with van der Waals surface area (Å²) < 4.78 is 5.25. The highest BCUT2D eigenvalue weighted by atomic mass is 16.5. The van der Waals surface area contributed by atoms with E-state index in [9.17, 15) is 0 Å². The molecule has 1 heterocycles. The summed E-state index contributed by atoms with van der Waals surface area (Å²) in [5, 5.41) is 3.60. The van der Waals surface area contributed by atoms with Gasteiger partial charge in [-0.25, -0.2) is 0 Å². The van der Waals surface area contributed by atoms with Crippen molar-refractivity contribution in [1.82, 2.24) is 5.32 Å². The van der Waals surface area contributed by atoms with Crippen molar-refractivity contribution in [2.24, 2.45) is 11.8 Å². The molecular formula is C13H25NO. The molecule has 2 fully saturated rings. The number of rotatable bonds is 5. The van der Waals surface area contributed by atoms with E-state index in [1.54, 1.807) is 0 Å². The van der Waals surface area contributed by atoms with Crippen molar-refractivity contribution in [3.05, 3.63) is 0 Å². The zero-order chi connectivity index (χ0) is 10.5. The highest BCUT2D eigenvalue weighted by Gasteiger charge is 2.33. The van der Waals surface area contributed by atoms with Crippen molar-refractivity contribution < 1.29 is 4.74 Å². The predicted octanol–water partition coefficient (Wildman–Crippen LogP) is 2.58. The Morgan fingerprint density at radius 3 is 2.47 bits per heavy atom. The summed E-state index contributed by atoms with van der Waals surface area (Å²) >= 11 is 0. The quantitative estimate of drug-likeness (QED) is 0.754. The molecule has 1 saturated heterocycles. The lowest BCUT2D eigenvalue weighted by atomic mass is 9.73. The predicted molar refractivity (Wildman–Crippen MR) is 63.0 cm³/mol. The third-order valence-corrected chi connectivity index (χ3v) is 4.29. The van der Waals surface area contributed by atoms with Crippen molar-refractivity contribution in [2.75, 3.05) is 20.3 Å². The molecular weight excluding hydrogens is 186 g/mol. The average molecular weight is 211 g/mol. The van der Waals surface area contributed by atoms with Gasteiger partial charge in [0.05, 0.1) is 0 Å². The Morgan fingerprint density at radius 1 is 1.20 bits per heavy atom. The molecule has 0 aromatic heterocycles. The van der Waals surface area contributed by atoms with Crippen LogP contribution in [0.1, 0.15) is 44.9 Å². The van der Waals surface area contributed by atoms with E-state index in [4.69, 9.17) is 4.74 Å². The maximum absolute atomic E-state index is 5.25. The van der Waals surface area contributed by atoms with E-state index < -0.39 is 0 Å². The fraction of sp³-hybridized carbons (Fsp3) is 1.00. The second-order valence-corrected chi connectivity index (χ2v) is 5.19. The van der Waals surface area contributed by atoms with Gasteiger partial charge in [-0.2, -0.15) is 0 Å². The highest BCUT2D eigenvalue weighted by molar-refractivity contribution is 4.89. The van der Waals surface area contributed by atoms with Crippen LogP contribution in [0.4, 0.5) is 0 Å². The number of hydrogen-bond donors (Lipinski definition) is 1. The maximum Gasteiger partial charge on any atom is 0.0465 e. The number of nitrogens with one attached hydrogen (secondary N) is 1. The van der Waals surface area contributed by atoms with Crippen LogP contribution in [0.2, 0.25) is 0 Å². The number of methoxy groups -OCH3 is 1. The lowest BCUT2D eigenvalue weighted by molar-refractivity contribution is 0.102. The molecule has 2 nitrogen and oxygen atoms in total. The monoisotopic (exact) mass is 211 g/mol. The first-order chi connectivity index (χ1) is 7.42. The minimum Gasteiger partial charge on any atom is -0.385 e. The van der Waals surface area contributed by atoms with Crippen LogP contribution in [0, 0.1) is 11.8 Å². The Kier molecular flexibility index (Phi) is 4.45. The van der Waals surface area contributed by atoms with Gasteiger partial charge in [-0.05, 0) is 31.2 Å². The van der Waals surface area contributed by atoms with E-state index in [0.717, 1.165) is 24.5 Å². The van der Waals surface area contributed by atoms with E-state index in [1.807, 2.05) is 7.11 Å². The molecule has 2 atom stereocenters. The van der Waals surface area contributed by atoms with E-state index in [-0.39, 0.29) is 0 Å². The number of hydrogen-bond acceptors (Lipinski definition) is 2. The van der Waals surface area contributed by atoms with Crippen molar-refractivity contribution in [3.8, 4) is 0 Å². The zero-order valence-electron chi connectivity index (χ0n) is 10.0. The lowest BCUT2D eigenvalue weighted by Crippen LogP contribution is -2.50. The van der Waals surface area contributed by atoms with Gasteiger partial charge >= 0.3 is 0 Å². The van der Waals surface area contributed by atoms with Gasteiger partial charge in [-0.15, -0.1) is 0 Å². The van der Waals surface area contributed by atoms with Gasteiger partial charge < -0.3 is 10.1 Å². The molecule has 0 aromatic rings. The third kappa shape index (κ3) is 2.94. The molecule has 1 aliphatic heterocycles. The Morgan fingerprint density at radius 2 is 1.93 bits per heavy atom. The molecule has 2 aliphatic rings. The second kappa shape index (κ2) is 5.86. The topological polar surface area (TPSA) is 21.3 Å². The Hall–Kier alpha value is -0.0800. The third-order valence-electron chi connectivity index (χ3n) is 4.29. The Bertz CT molecular complexity index is 173. The van der Waals surface area contributed by atoms with Crippen LogP contribution in [-0.4, -0.2) is 26.3 Å². The van der Waals surface area contributed by atoms with Gasteiger partial charge in [0, 0.05) is 19.8 Å². The van der Waals surface area contributed by atoms with Gasteiger partial charge in [-0.1, -0.05) is 32.1 Å². The molecule has 1 saturated carbocycles. The van der Waals surface area contributed by atoms with Crippen LogP contribution in [0.5, 0.6) is 0 Å². The highest BCUT2D eigenvalue weighted by Crippen LogP contribution is 2.35. The summed E-state index contributed by atoms with van der Waals surface area (Å²) in [7, 11) is 1.83. The first kappa shape index (κ1) is 11.4. The minimum absolute atomic E-state index is 0.809. The fourth-order valence-electron chi connectivity index (χ4n) is 3.26. The molecule has 1 aliphatic carbocycles. The fourth-order valence-corrected chi connectivity index (χ4v) is 3.26. The molecule has 0 amide bonds. The largest absolute Gasteiger partial charge is 0.385 e. The molecule has 0 aromatic carbocycles. The molecule has 0 spiro atoms. The van der Waals surface area contributed by atoms with Crippen molar-refractivity contribution >= 4 is 0 Å². The smallest absolute Gasteiger partial charge is 0.0465 e. The van der Waals surface area contributed by atoms with Crippen LogP contribution in [-0.2, 0) is 4.74 Å². The summed E-state index contributed by atoms with van der Waals surface area (Å²) in [6, 6.07) is 0.809. The maximum atomic E-state index is 5.25. The molecule has 2 heteroatoms. The standard InChI is InChI=1S/C13H25NO/c1-15-10-8-12(13-7-9-14-13)11-5-3-2-4-6-11/h11-14H,2-10H2,1H3. The second-order valence-electron chi connectivity index (χ2n) is 5.19. The molecule has 2 unspecified atom stereocenters. The first-order valence-corrected chi connectivity index (χ1v) is 6.64. The summed E-state index contributed by atoms with van der Waals surface area (Å²) in [6.07, 6.45) is 9.97. The Balaban J connectivity index is 1.84. The van der Waals surface area contributed by atoms with Crippen LogP contribution < -0.4 is 5.32 Å². The average Bonchev–Trinajstić information content (AvgIpc) is 2.22. The Labute approximate surface area is 93.8 Å². The minimum atomic E-state index is 0.809. The zero-order valence-corrected chi connectivity index (χ0v) is 10.0. The molecule has 15 heavy (non-hydrogen) atoms. The van der Waals surface area contributed by atoms with E-state index in [0.29, 0.717) is 0 Å². The van der Waals surface area contributed by atoms with Crippen molar-refractivity contribution in [1.29, 1.82) is 0 Å². The number of ether oxygens (including phenoxy) is 1. The van der Waals surface area contributed by atoms with Crippen LogP contribution in [0.15, 0.2) is 0 Å². The molecule has 1 N–H and O–H groups in total. The summed E-state index contributed by atoms with van der Waals surface area (Å²) in [6.45, 7) is 2.18. The van der Waals surface area contributed by atoms with Crippen molar-refractivity contribution in [3.63, 3.8) is 0 Å². The van der Waals surface area contributed by atoms with Gasteiger partial charge in [0.1, 0.15) is 0 Å². The van der Waals surface area contributed by atoms with E-state index in [2.05, 4.69) is 5.32 Å². The molecule has 88 valence electrons. The van der Waals surface area contributed by atoms with E-state index in [1.165, 1.54) is 51.5 Å². The summed E-state index contributed by atoms with van der Waals surface area (Å²) in [5.74, 6) is 1.87.